The van der Waals surface area contributed by atoms with Crippen molar-refractivity contribution in [3.63, 3.8) is 0 Å². The third-order valence-electron chi connectivity index (χ3n) is 3.92. The second-order valence-corrected chi connectivity index (χ2v) is 5.86. The molecular formula is C19H22FN3O2. The van der Waals surface area contributed by atoms with Crippen LogP contribution in [0.1, 0.15) is 41.6 Å². The van der Waals surface area contributed by atoms with Crippen LogP contribution in [-0.4, -0.2) is 11.8 Å². The minimum atomic E-state index is -0.560. The van der Waals surface area contributed by atoms with Crippen LogP contribution >= 0.6 is 0 Å². The number of para-hydroxylation sites is 2. The molecule has 0 atom stereocenters. The first-order valence-corrected chi connectivity index (χ1v) is 8.20. The number of halogens is 1. The summed E-state index contributed by atoms with van der Waals surface area (Å²) in [6, 6.07) is 11.1. The standard InChI is InChI=1S/C19H22FN3O2/c20-14-10-11-15(19(22)25)13(12-14)6-2-1-3-9-18(24)23-17-8-5-4-7-16(17)21/h4-5,7-8,10-12H,1-3,6,9,21H2,(H2,22,25)(H,23,24). The summed E-state index contributed by atoms with van der Waals surface area (Å²) >= 11 is 0. The van der Waals surface area contributed by atoms with Gasteiger partial charge >= 0.3 is 0 Å². The van der Waals surface area contributed by atoms with E-state index in [0.717, 1.165) is 12.8 Å². The Balaban J connectivity index is 1.75. The number of rotatable bonds is 8. The molecule has 0 radical (unpaired) electrons. The van der Waals surface area contributed by atoms with Gasteiger partial charge < -0.3 is 16.8 Å². The number of hydrogen-bond donors (Lipinski definition) is 3. The van der Waals surface area contributed by atoms with Crippen LogP contribution in [0, 0.1) is 5.82 Å². The van der Waals surface area contributed by atoms with Gasteiger partial charge in [0.1, 0.15) is 5.82 Å². The van der Waals surface area contributed by atoms with Crippen LogP contribution in [0.2, 0.25) is 0 Å². The molecule has 0 aromatic heterocycles. The highest BCUT2D eigenvalue weighted by Gasteiger charge is 2.09. The van der Waals surface area contributed by atoms with E-state index in [9.17, 15) is 14.0 Å². The number of anilines is 2. The maximum atomic E-state index is 13.3. The van der Waals surface area contributed by atoms with E-state index in [1.165, 1.54) is 18.2 Å². The Kier molecular flexibility index (Phi) is 6.51. The lowest BCUT2D eigenvalue weighted by atomic mass is 10.00. The predicted octanol–water partition coefficient (Wildman–Crippen LogP) is 3.25. The van der Waals surface area contributed by atoms with Crippen molar-refractivity contribution in [1.29, 1.82) is 0 Å². The van der Waals surface area contributed by atoms with E-state index in [1.807, 2.05) is 0 Å². The Hall–Kier alpha value is -2.89. The van der Waals surface area contributed by atoms with Crippen LogP contribution in [-0.2, 0) is 11.2 Å². The van der Waals surface area contributed by atoms with Crippen LogP contribution in [0.25, 0.3) is 0 Å². The number of nitrogen functional groups attached to an aromatic ring is 1. The third-order valence-corrected chi connectivity index (χ3v) is 3.92. The predicted molar refractivity (Wildman–Crippen MR) is 96.6 cm³/mol. The summed E-state index contributed by atoms with van der Waals surface area (Å²) in [5.41, 5.74) is 13.2. The smallest absolute Gasteiger partial charge is 0.248 e. The van der Waals surface area contributed by atoms with Gasteiger partial charge in [0.15, 0.2) is 0 Å². The summed E-state index contributed by atoms with van der Waals surface area (Å²) in [4.78, 5) is 23.3. The second-order valence-electron chi connectivity index (χ2n) is 5.86. The van der Waals surface area contributed by atoms with Gasteiger partial charge in [0.25, 0.3) is 0 Å². The number of primary amides is 1. The summed E-state index contributed by atoms with van der Waals surface area (Å²) < 4.78 is 13.3. The highest BCUT2D eigenvalue weighted by atomic mass is 19.1. The molecule has 0 aliphatic carbocycles. The lowest BCUT2D eigenvalue weighted by molar-refractivity contribution is -0.116. The van der Waals surface area contributed by atoms with Crippen LogP contribution in [0.3, 0.4) is 0 Å². The van der Waals surface area contributed by atoms with Crippen LogP contribution in [0.5, 0.6) is 0 Å². The molecule has 0 saturated carbocycles. The van der Waals surface area contributed by atoms with E-state index in [4.69, 9.17) is 11.5 Å². The van der Waals surface area contributed by atoms with E-state index >= 15 is 0 Å². The number of nitrogens with one attached hydrogen (secondary N) is 1. The summed E-state index contributed by atoms with van der Waals surface area (Å²) in [7, 11) is 0. The number of carbonyl (C=O) groups is 2. The molecule has 6 heteroatoms. The van der Waals surface area contributed by atoms with E-state index in [-0.39, 0.29) is 11.7 Å². The van der Waals surface area contributed by atoms with Crippen molar-refractivity contribution in [3.8, 4) is 0 Å². The van der Waals surface area contributed by atoms with Gasteiger partial charge in [0.05, 0.1) is 11.4 Å². The molecule has 132 valence electrons. The molecule has 2 aromatic rings. The van der Waals surface area contributed by atoms with Gasteiger partial charge in [-0.25, -0.2) is 4.39 Å². The molecule has 2 aromatic carbocycles. The van der Waals surface area contributed by atoms with Gasteiger partial charge in [-0.05, 0) is 55.2 Å². The van der Waals surface area contributed by atoms with E-state index in [1.54, 1.807) is 24.3 Å². The fourth-order valence-electron chi connectivity index (χ4n) is 2.61. The molecule has 2 rings (SSSR count). The molecule has 0 aliphatic rings. The molecule has 5 nitrogen and oxygen atoms in total. The lowest BCUT2D eigenvalue weighted by Crippen LogP contribution is -2.14. The summed E-state index contributed by atoms with van der Waals surface area (Å²) in [6.45, 7) is 0. The maximum Gasteiger partial charge on any atom is 0.248 e. The number of aryl methyl sites for hydroxylation is 1. The molecule has 0 heterocycles. The number of nitrogens with two attached hydrogens (primary N) is 2. The van der Waals surface area contributed by atoms with Crippen molar-refractivity contribution < 1.29 is 14.0 Å². The molecule has 0 spiro atoms. The van der Waals surface area contributed by atoms with Crippen molar-refractivity contribution in [3.05, 3.63) is 59.4 Å². The first kappa shape index (κ1) is 18.4. The zero-order valence-corrected chi connectivity index (χ0v) is 13.9. The second kappa shape index (κ2) is 8.82. The molecule has 25 heavy (non-hydrogen) atoms. The number of benzene rings is 2. The molecule has 0 saturated heterocycles. The molecule has 2 amide bonds. The van der Waals surface area contributed by atoms with Gasteiger partial charge in [0, 0.05) is 12.0 Å². The largest absolute Gasteiger partial charge is 0.397 e. The van der Waals surface area contributed by atoms with Crippen LogP contribution in [0.15, 0.2) is 42.5 Å². The van der Waals surface area contributed by atoms with Crippen molar-refractivity contribution in [1.82, 2.24) is 0 Å². The third kappa shape index (κ3) is 5.60. The molecule has 5 N–H and O–H groups in total. The zero-order valence-electron chi connectivity index (χ0n) is 13.9. The highest BCUT2D eigenvalue weighted by Crippen LogP contribution is 2.18. The Morgan fingerprint density at radius 1 is 1.04 bits per heavy atom. The number of amides is 2. The van der Waals surface area contributed by atoms with Crippen molar-refractivity contribution >= 4 is 23.2 Å². The summed E-state index contributed by atoms with van der Waals surface area (Å²) in [5, 5.41) is 2.78. The molecule has 0 unspecified atom stereocenters. The topological polar surface area (TPSA) is 98.2 Å². The van der Waals surface area contributed by atoms with Gasteiger partial charge in [-0.3, -0.25) is 9.59 Å². The maximum absolute atomic E-state index is 13.3. The minimum absolute atomic E-state index is 0.0959. The molecule has 0 fully saturated rings. The van der Waals surface area contributed by atoms with Gasteiger partial charge in [-0.15, -0.1) is 0 Å². The molecule has 0 bridgehead atoms. The Bertz CT molecular complexity index is 762. The summed E-state index contributed by atoms with van der Waals surface area (Å²) in [5.74, 6) is -1.05. The van der Waals surface area contributed by atoms with Gasteiger partial charge in [-0.2, -0.15) is 0 Å². The minimum Gasteiger partial charge on any atom is -0.397 e. The summed E-state index contributed by atoms with van der Waals surface area (Å²) in [6.07, 6.45) is 3.14. The van der Waals surface area contributed by atoms with E-state index in [0.29, 0.717) is 41.8 Å². The molecule has 0 aliphatic heterocycles. The lowest BCUT2D eigenvalue weighted by Gasteiger charge is -2.08. The number of hydrogen-bond acceptors (Lipinski definition) is 3. The van der Waals surface area contributed by atoms with Crippen molar-refractivity contribution in [2.24, 2.45) is 5.73 Å². The van der Waals surface area contributed by atoms with E-state index in [2.05, 4.69) is 5.32 Å². The van der Waals surface area contributed by atoms with E-state index < -0.39 is 5.91 Å². The van der Waals surface area contributed by atoms with Crippen molar-refractivity contribution in [2.75, 3.05) is 11.1 Å². The van der Waals surface area contributed by atoms with Crippen LogP contribution in [0.4, 0.5) is 15.8 Å². The van der Waals surface area contributed by atoms with Gasteiger partial charge in [0.2, 0.25) is 11.8 Å². The SMILES string of the molecule is NC(=O)c1ccc(F)cc1CCCCCC(=O)Nc1ccccc1N. The Morgan fingerprint density at radius 3 is 2.52 bits per heavy atom. The first-order chi connectivity index (χ1) is 12.0. The monoisotopic (exact) mass is 343 g/mol. The fourth-order valence-corrected chi connectivity index (χ4v) is 2.61. The van der Waals surface area contributed by atoms with Crippen molar-refractivity contribution in [2.45, 2.75) is 32.1 Å². The molecular weight excluding hydrogens is 321 g/mol. The van der Waals surface area contributed by atoms with Gasteiger partial charge in [-0.1, -0.05) is 18.6 Å². The average Bonchev–Trinajstić information content (AvgIpc) is 2.56. The quantitative estimate of drug-likeness (QED) is 0.507. The number of unbranched alkanes of at least 4 members (excludes halogenated alkanes) is 2. The number of carbonyl (C=O) groups excluding carboxylic acids is 2. The first-order valence-electron chi connectivity index (χ1n) is 8.20. The fraction of sp³-hybridized carbons (Fsp3) is 0.263. The Morgan fingerprint density at radius 2 is 1.80 bits per heavy atom. The highest BCUT2D eigenvalue weighted by molar-refractivity contribution is 5.94. The normalized spacial score (nSPS) is 10.4. The Labute approximate surface area is 146 Å². The average molecular weight is 343 g/mol. The van der Waals surface area contributed by atoms with Crippen LogP contribution < -0.4 is 16.8 Å². The zero-order chi connectivity index (χ0) is 18.2.